The molecule has 2 atom stereocenters. The van der Waals surface area contributed by atoms with Crippen molar-refractivity contribution in [3.05, 3.63) is 84.2 Å². The van der Waals surface area contributed by atoms with Gasteiger partial charge in [0.05, 0.1) is 35.6 Å². The van der Waals surface area contributed by atoms with E-state index in [4.69, 9.17) is 19.4 Å². The normalized spacial score (nSPS) is 12.7. The molecule has 0 bridgehead atoms. The molecule has 236 valence electrons. The number of hydrogen-bond donors (Lipinski definition) is 0. The fourth-order valence-corrected chi connectivity index (χ4v) is 6.55. The van der Waals surface area contributed by atoms with Crippen molar-refractivity contribution in [2.24, 2.45) is 11.8 Å². The van der Waals surface area contributed by atoms with E-state index in [9.17, 15) is 0 Å². The van der Waals surface area contributed by atoms with E-state index in [-0.39, 0.29) is 0 Å². The van der Waals surface area contributed by atoms with Crippen LogP contribution in [0.25, 0.3) is 44.0 Å². The van der Waals surface area contributed by atoms with Crippen molar-refractivity contribution < 1.29 is 9.47 Å². The van der Waals surface area contributed by atoms with Gasteiger partial charge in [0.25, 0.3) is 0 Å². The summed E-state index contributed by atoms with van der Waals surface area (Å²) in [4.78, 5) is 11.8. The molecule has 45 heavy (non-hydrogen) atoms. The highest BCUT2D eigenvalue weighted by atomic mass is 32.1. The highest BCUT2D eigenvalue weighted by Gasteiger charge is 2.18. The average molecular weight is 621 g/mol. The number of benzene rings is 3. The van der Waals surface area contributed by atoms with Gasteiger partial charge < -0.3 is 9.47 Å². The number of thiophene rings is 1. The fraction of sp³-hybridized carbons (Fsp3) is 0.400. The molecule has 4 nitrogen and oxygen atoms in total. The van der Waals surface area contributed by atoms with E-state index in [1.165, 1.54) is 43.4 Å². The molecule has 2 aromatic heterocycles. The molecule has 5 rings (SSSR count). The van der Waals surface area contributed by atoms with Crippen LogP contribution in [0.15, 0.2) is 84.2 Å². The fourth-order valence-electron chi connectivity index (χ4n) is 5.80. The van der Waals surface area contributed by atoms with Crippen LogP contribution >= 0.6 is 11.3 Å². The van der Waals surface area contributed by atoms with Gasteiger partial charge in [0, 0.05) is 21.6 Å². The minimum atomic E-state index is 0.565. The third-order valence-electron chi connectivity index (χ3n) is 8.75. The lowest BCUT2D eigenvalue weighted by molar-refractivity contribution is 0.233. The third-order valence-corrected chi connectivity index (χ3v) is 9.66. The number of ether oxygens (including phenoxy) is 2. The molecule has 5 heteroatoms. The van der Waals surface area contributed by atoms with Crippen LogP contribution in [0.4, 0.5) is 0 Å². The van der Waals surface area contributed by atoms with Crippen LogP contribution in [0, 0.1) is 11.8 Å². The first-order chi connectivity index (χ1) is 22.1. The summed E-state index contributed by atoms with van der Waals surface area (Å²) in [6, 6.07) is 27.2. The molecule has 2 unspecified atom stereocenters. The second kappa shape index (κ2) is 16.6. The van der Waals surface area contributed by atoms with Crippen LogP contribution in [0.2, 0.25) is 0 Å². The highest BCUT2D eigenvalue weighted by molar-refractivity contribution is 7.13. The van der Waals surface area contributed by atoms with Crippen molar-refractivity contribution in [3.8, 4) is 44.5 Å². The predicted octanol–water partition coefficient (Wildman–Crippen LogP) is 11.9. The predicted molar refractivity (Wildman–Crippen MR) is 191 cm³/mol. The summed E-state index contributed by atoms with van der Waals surface area (Å²) in [5.74, 6) is 2.88. The van der Waals surface area contributed by atoms with Gasteiger partial charge in [-0.15, -0.1) is 11.3 Å². The van der Waals surface area contributed by atoms with Crippen LogP contribution in [0.1, 0.15) is 79.1 Å². The minimum Gasteiger partial charge on any atom is -0.493 e. The number of para-hydroxylation sites is 1. The van der Waals surface area contributed by atoms with Crippen molar-refractivity contribution in [1.29, 1.82) is 0 Å². The summed E-state index contributed by atoms with van der Waals surface area (Å²) >= 11 is 1.72. The molecule has 2 heterocycles. The van der Waals surface area contributed by atoms with Gasteiger partial charge in [0.15, 0.2) is 0 Å². The number of rotatable bonds is 17. The molecule has 0 fully saturated rings. The maximum absolute atomic E-state index is 6.38. The Kier molecular flexibility index (Phi) is 12.0. The molecule has 0 N–H and O–H groups in total. The molecule has 0 radical (unpaired) electrons. The number of unbranched alkanes of at least 4 members (excludes halogenated alkanes) is 2. The first-order valence-corrected chi connectivity index (χ1v) is 17.8. The average Bonchev–Trinajstić information content (AvgIpc) is 3.63. The zero-order valence-corrected chi connectivity index (χ0v) is 28.2. The highest BCUT2D eigenvalue weighted by Crippen LogP contribution is 2.37. The van der Waals surface area contributed by atoms with Crippen molar-refractivity contribution in [2.45, 2.75) is 79.1 Å². The molecule has 0 saturated carbocycles. The number of nitrogens with zero attached hydrogens (tertiary/aromatic N) is 2. The molecule has 0 spiro atoms. The zero-order chi connectivity index (χ0) is 31.4. The van der Waals surface area contributed by atoms with E-state index in [2.05, 4.69) is 112 Å². The summed E-state index contributed by atoms with van der Waals surface area (Å²) in [6.45, 7) is 10.5. The van der Waals surface area contributed by atoms with Crippen molar-refractivity contribution in [1.82, 2.24) is 9.97 Å². The Balaban J connectivity index is 1.54. The van der Waals surface area contributed by atoms with Crippen molar-refractivity contribution >= 4 is 22.4 Å². The van der Waals surface area contributed by atoms with E-state index < -0.39 is 0 Å². The zero-order valence-electron chi connectivity index (χ0n) is 27.4. The SMILES string of the molecule is CCCCC(CC)COc1cccc(-c2nc3cccc(-c4cccs4)c3nc2-c2cccc(OCC(CC)CCCC)c2)c1. The maximum atomic E-state index is 6.38. The Bertz CT molecular complexity index is 1630. The van der Waals surface area contributed by atoms with E-state index in [0.717, 1.165) is 76.7 Å². The Morgan fingerprint density at radius 3 is 1.76 bits per heavy atom. The van der Waals surface area contributed by atoms with Gasteiger partial charge in [-0.2, -0.15) is 0 Å². The maximum Gasteiger partial charge on any atom is 0.119 e. The van der Waals surface area contributed by atoms with Crippen molar-refractivity contribution in [3.63, 3.8) is 0 Å². The van der Waals surface area contributed by atoms with E-state index >= 15 is 0 Å². The first-order valence-electron chi connectivity index (χ1n) is 16.9. The second-order valence-electron chi connectivity index (χ2n) is 12.1. The number of aromatic nitrogens is 2. The van der Waals surface area contributed by atoms with Gasteiger partial charge in [-0.25, -0.2) is 9.97 Å². The molecule has 3 aromatic carbocycles. The van der Waals surface area contributed by atoms with Gasteiger partial charge in [-0.1, -0.05) is 109 Å². The summed E-state index contributed by atoms with van der Waals surface area (Å²) in [5.41, 5.74) is 6.58. The molecule has 0 aliphatic heterocycles. The molecule has 0 amide bonds. The van der Waals surface area contributed by atoms with E-state index in [1.807, 2.05) is 0 Å². The first kappa shape index (κ1) is 32.7. The van der Waals surface area contributed by atoms with E-state index in [0.29, 0.717) is 11.8 Å². The van der Waals surface area contributed by atoms with Gasteiger partial charge >= 0.3 is 0 Å². The third kappa shape index (κ3) is 8.52. The van der Waals surface area contributed by atoms with Gasteiger partial charge in [-0.05, 0) is 66.5 Å². The smallest absolute Gasteiger partial charge is 0.119 e. The summed E-state index contributed by atoms with van der Waals surface area (Å²) in [5, 5.41) is 2.11. The summed E-state index contributed by atoms with van der Waals surface area (Å²) in [7, 11) is 0. The Morgan fingerprint density at radius 2 is 1.22 bits per heavy atom. The van der Waals surface area contributed by atoms with Crippen LogP contribution in [-0.4, -0.2) is 23.2 Å². The molecule has 0 saturated heterocycles. The number of hydrogen-bond acceptors (Lipinski definition) is 5. The van der Waals surface area contributed by atoms with Crippen LogP contribution in [0.5, 0.6) is 11.5 Å². The van der Waals surface area contributed by atoms with Gasteiger partial charge in [-0.3, -0.25) is 0 Å². The topological polar surface area (TPSA) is 44.2 Å². The second-order valence-corrected chi connectivity index (χ2v) is 13.0. The lowest BCUT2D eigenvalue weighted by Crippen LogP contribution is -2.11. The Labute approximate surface area is 273 Å². The van der Waals surface area contributed by atoms with Gasteiger partial charge in [0.2, 0.25) is 0 Å². The molecule has 0 aliphatic rings. The monoisotopic (exact) mass is 620 g/mol. The quantitative estimate of drug-likeness (QED) is 0.104. The van der Waals surface area contributed by atoms with E-state index in [1.54, 1.807) is 11.3 Å². The Morgan fingerprint density at radius 1 is 0.644 bits per heavy atom. The Hall–Kier alpha value is -3.70. The van der Waals surface area contributed by atoms with Crippen LogP contribution < -0.4 is 9.47 Å². The molecular formula is C40H48N2O2S. The largest absolute Gasteiger partial charge is 0.493 e. The molecule has 5 aromatic rings. The van der Waals surface area contributed by atoms with Crippen LogP contribution in [0.3, 0.4) is 0 Å². The molecule has 0 aliphatic carbocycles. The van der Waals surface area contributed by atoms with Crippen LogP contribution in [-0.2, 0) is 0 Å². The van der Waals surface area contributed by atoms with Crippen molar-refractivity contribution in [2.75, 3.05) is 13.2 Å². The summed E-state index contributed by atoms with van der Waals surface area (Å²) < 4.78 is 12.7. The van der Waals surface area contributed by atoms with Gasteiger partial charge in [0.1, 0.15) is 11.5 Å². The lowest BCUT2D eigenvalue weighted by Gasteiger charge is -2.17. The summed E-state index contributed by atoms with van der Waals surface area (Å²) in [6.07, 6.45) is 9.58. The minimum absolute atomic E-state index is 0.565. The lowest BCUT2D eigenvalue weighted by atomic mass is 10.00. The number of fused-ring (bicyclic) bond motifs is 1. The molecular weight excluding hydrogens is 573 g/mol. The standard InChI is InChI=1S/C40H48N2O2S/c1-5-9-15-29(7-3)27-43-33-19-11-17-31(25-33)38-39(32-18-12-20-34(26-32)44-28-30(8-4)16-10-6-2)42-40-35(37-23-14-24-45-37)21-13-22-36(40)41-38/h11-14,17-26,29-30H,5-10,15-16,27-28H2,1-4H3.